The van der Waals surface area contributed by atoms with Gasteiger partial charge in [0.25, 0.3) is 0 Å². The average molecular weight is 638 g/mol. The fourth-order valence-electron chi connectivity index (χ4n) is 6.69. The number of sulfonamides is 1. The van der Waals surface area contributed by atoms with E-state index in [2.05, 4.69) is 18.7 Å². The van der Waals surface area contributed by atoms with Crippen LogP contribution >= 0.6 is 11.6 Å². The number of benzene rings is 3. The third-order valence-corrected chi connectivity index (χ3v) is 11.0. The Morgan fingerprint density at radius 3 is 2.39 bits per heavy atom. The predicted octanol–water partition coefficient (Wildman–Crippen LogP) is 7.62. The Hall–Kier alpha value is -3.17. The van der Waals surface area contributed by atoms with Crippen LogP contribution in [0.4, 0.5) is 0 Å². The second-order valence-electron chi connectivity index (χ2n) is 12.0. The van der Waals surface area contributed by atoms with E-state index in [0.717, 1.165) is 48.8 Å². The zero-order chi connectivity index (χ0) is 31.4. The number of ether oxygens (including phenoxy) is 2. The lowest BCUT2D eigenvalue weighted by atomic mass is 9.72. The monoisotopic (exact) mass is 637 g/mol. The number of rotatable bonds is 11. The first-order valence-electron chi connectivity index (χ1n) is 15.1. The van der Waals surface area contributed by atoms with Crippen LogP contribution in [0.3, 0.4) is 0 Å². The second kappa shape index (κ2) is 13.9. The maximum atomic E-state index is 13.8. The molecule has 0 aromatic heterocycles. The molecule has 1 saturated carbocycles. The van der Waals surface area contributed by atoms with E-state index in [1.165, 1.54) is 10.4 Å². The molecule has 4 atom stereocenters. The number of hydrogen-bond acceptors (Lipinski definition) is 5. The van der Waals surface area contributed by atoms with E-state index in [1.807, 2.05) is 49.4 Å². The maximum Gasteiger partial charge on any atom is 0.341 e. The van der Waals surface area contributed by atoms with Crippen LogP contribution in [0.15, 0.2) is 89.8 Å². The van der Waals surface area contributed by atoms with Crippen molar-refractivity contribution in [2.24, 2.45) is 11.8 Å². The Morgan fingerprint density at radius 2 is 1.75 bits per heavy atom. The molecular formula is C35H40ClNO6S. The molecule has 1 heterocycles. The van der Waals surface area contributed by atoms with Crippen LogP contribution in [-0.4, -0.2) is 43.6 Å². The van der Waals surface area contributed by atoms with E-state index in [9.17, 15) is 18.3 Å². The summed E-state index contributed by atoms with van der Waals surface area (Å²) >= 11 is 6.23. The van der Waals surface area contributed by atoms with E-state index in [4.69, 9.17) is 21.1 Å². The Kier molecular flexibility index (Phi) is 10.2. The average Bonchev–Trinajstić information content (AvgIpc) is 3.55. The van der Waals surface area contributed by atoms with Crippen molar-refractivity contribution in [1.29, 1.82) is 0 Å². The molecule has 3 aromatic carbocycles. The first-order chi connectivity index (χ1) is 21.0. The Morgan fingerprint density at radius 1 is 1.07 bits per heavy atom. The molecule has 0 unspecified atom stereocenters. The summed E-state index contributed by atoms with van der Waals surface area (Å²) in [6.07, 6.45) is 4.45. The molecule has 7 nitrogen and oxygen atoms in total. The van der Waals surface area contributed by atoms with Crippen LogP contribution in [0.5, 0.6) is 5.75 Å². The third-order valence-electron chi connectivity index (χ3n) is 8.96. The molecule has 3 aromatic rings. The van der Waals surface area contributed by atoms with Gasteiger partial charge in [-0.15, -0.1) is 0 Å². The summed E-state index contributed by atoms with van der Waals surface area (Å²) in [5.74, 6) is -0.552. The highest BCUT2D eigenvalue weighted by Crippen LogP contribution is 2.52. The van der Waals surface area contributed by atoms with Gasteiger partial charge in [0.1, 0.15) is 5.75 Å². The Labute approximate surface area is 265 Å². The van der Waals surface area contributed by atoms with Crippen molar-refractivity contribution in [1.82, 2.24) is 4.31 Å². The summed E-state index contributed by atoms with van der Waals surface area (Å²) in [7, 11) is -2.35. The van der Waals surface area contributed by atoms with Gasteiger partial charge in [-0.2, -0.15) is 4.31 Å². The summed E-state index contributed by atoms with van der Waals surface area (Å²) in [4.78, 5) is 11.6. The van der Waals surface area contributed by atoms with Crippen LogP contribution in [0.2, 0.25) is 5.02 Å². The molecular weight excluding hydrogens is 598 g/mol. The van der Waals surface area contributed by atoms with Gasteiger partial charge in [-0.1, -0.05) is 79.1 Å². The number of hydrogen-bond donors (Lipinski definition) is 1. The zero-order valence-electron chi connectivity index (χ0n) is 25.2. The molecule has 1 N–H and O–H groups in total. The van der Waals surface area contributed by atoms with Gasteiger partial charge in [0.2, 0.25) is 10.0 Å². The van der Waals surface area contributed by atoms with Gasteiger partial charge in [0.15, 0.2) is 6.61 Å². The smallest absolute Gasteiger partial charge is 0.341 e. The van der Waals surface area contributed by atoms with Gasteiger partial charge < -0.3 is 14.6 Å². The van der Waals surface area contributed by atoms with Gasteiger partial charge >= 0.3 is 5.97 Å². The van der Waals surface area contributed by atoms with Crippen LogP contribution in [-0.2, 0) is 26.1 Å². The number of carbonyl (C=O) groups is 1. The fourth-order valence-corrected chi connectivity index (χ4v) is 8.01. The van der Waals surface area contributed by atoms with E-state index in [0.29, 0.717) is 22.3 Å². The first kappa shape index (κ1) is 32.2. The maximum absolute atomic E-state index is 13.8. The molecule has 44 heavy (non-hydrogen) atoms. The standard InChI is InChI=1S/C35H40ClNO6S/c1-23(2)29-20-30(25-13-15-27(36)16-14-25)34(26-11-7-8-12-26)43-35(29)31-19-28(17-18-32(31)42-22-33(38)39)44(40,41)37(3)21-24-9-5-4-6-10-24/h4-6,9-10,13-19,26,29-30,34-35H,1,7-8,11-12,20-22H2,2-3H3,(H,38,39)/t29-,30-,34+,35+/m0/s1. The second-order valence-corrected chi connectivity index (χ2v) is 14.5. The van der Waals surface area contributed by atoms with E-state index in [1.54, 1.807) is 19.2 Å². The Bertz CT molecular complexity index is 1570. The molecule has 0 radical (unpaired) electrons. The molecule has 0 amide bonds. The molecule has 234 valence electrons. The van der Waals surface area contributed by atoms with E-state index in [-0.39, 0.29) is 29.4 Å². The van der Waals surface area contributed by atoms with E-state index >= 15 is 0 Å². The lowest BCUT2D eigenvalue weighted by molar-refractivity contribution is -0.139. The molecule has 0 spiro atoms. The van der Waals surface area contributed by atoms with Gasteiger partial charge in [0.05, 0.1) is 17.1 Å². The molecule has 1 saturated heterocycles. The molecule has 2 aliphatic rings. The number of carboxylic acid groups (broad SMARTS) is 1. The van der Waals surface area contributed by atoms with Crippen molar-refractivity contribution in [3.05, 3.63) is 107 Å². The number of aliphatic carboxylic acids is 1. The van der Waals surface area contributed by atoms with Crippen molar-refractivity contribution in [2.45, 2.75) is 68.6 Å². The lowest BCUT2D eigenvalue weighted by Gasteiger charge is -2.45. The van der Waals surface area contributed by atoms with Gasteiger partial charge in [0, 0.05) is 36.0 Å². The predicted molar refractivity (Wildman–Crippen MR) is 171 cm³/mol. The number of nitrogens with zero attached hydrogens (tertiary/aromatic N) is 1. The van der Waals surface area contributed by atoms with Crippen molar-refractivity contribution in [3.8, 4) is 5.75 Å². The number of carboxylic acids is 1. The largest absolute Gasteiger partial charge is 0.482 e. The van der Waals surface area contributed by atoms with E-state index < -0.39 is 28.7 Å². The minimum absolute atomic E-state index is 0.0925. The zero-order valence-corrected chi connectivity index (χ0v) is 26.8. The van der Waals surface area contributed by atoms with Crippen LogP contribution in [0.25, 0.3) is 0 Å². The van der Waals surface area contributed by atoms with Gasteiger partial charge in [-0.05, 0) is 73.6 Å². The molecule has 9 heteroatoms. The minimum atomic E-state index is -3.90. The minimum Gasteiger partial charge on any atom is -0.482 e. The first-order valence-corrected chi connectivity index (χ1v) is 16.9. The highest BCUT2D eigenvalue weighted by atomic mass is 35.5. The van der Waals surface area contributed by atoms with Crippen LogP contribution < -0.4 is 4.74 Å². The normalized spacial score (nSPS) is 22.6. The highest BCUT2D eigenvalue weighted by molar-refractivity contribution is 7.89. The summed E-state index contributed by atoms with van der Waals surface area (Å²) in [5.41, 5.74) is 3.44. The summed E-state index contributed by atoms with van der Waals surface area (Å²) in [6, 6.07) is 22.0. The van der Waals surface area contributed by atoms with Crippen molar-refractivity contribution < 1.29 is 27.8 Å². The van der Waals surface area contributed by atoms with Crippen molar-refractivity contribution in [2.75, 3.05) is 13.7 Å². The molecule has 1 aliphatic carbocycles. The SMILES string of the molecule is C=C(C)[C@@H]1C[C@@H](c2ccc(Cl)cc2)[C@@H](C2CCCC2)O[C@H]1c1cc(S(=O)(=O)N(C)Cc2ccccc2)ccc1OCC(=O)O. The van der Waals surface area contributed by atoms with Gasteiger partial charge in [-0.3, -0.25) is 0 Å². The Balaban J connectivity index is 1.56. The molecule has 5 rings (SSSR count). The lowest BCUT2D eigenvalue weighted by Crippen LogP contribution is -2.40. The van der Waals surface area contributed by atoms with Crippen LogP contribution in [0, 0.1) is 11.8 Å². The quantitative estimate of drug-likeness (QED) is 0.217. The molecule has 1 aliphatic heterocycles. The molecule has 2 fully saturated rings. The van der Waals surface area contributed by atoms with Crippen LogP contribution in [0.1, 0.15) is 67.7 Å². The van der Waals surface area contributed by atoms with Gasteiger partial charge in [-0.25, -0.2) is 13.2 Å². The number of halogens is 1. The topological polar surface area (TPSA) is 93.1 Å². The third kappa shape index (κ3) is 7.20. The fraction of sp³-hybridized carbons (Fsp3) is 0.400. The molecule has 0 bridgehead atoms. The van der Waals surface area contributed by atoms with Crippen molar-refractivity contribution in [3.63, 3.8) is 0 Å². The van der Waals surface area contributed by atoms with Crippen molar-refractivity contribution >= 4 is 27.6 Å². The summed E-state index contributed by atoms with van der Waals surface area (Å²) in [5, 5.41) is 10.1. The summed E-state index contributed by atoms with van der Waals surface area (Å²) in [6.45, 7) is 5.91. The summed E-state index contributed by atoms with van der Waals surface area (Å²) < 4.78 is 41.8. The highest BCUT2D eigenvalue weighted by Gasteiger charge is 2.44.